The molecule has 2 aromatic rings. The third-order valence-corrected chi connectivity index (χ3v) is 8.70. The number of amides is 1. The van der Waals surface area contributed by atoms with Gasteiger partial charge in [0.25, 0.3) is 5.91 Å². The maximum absolute atomic E-state index is 15.0. The summed E-state index contributed by atoms with van der Waals surface area (Å²) in [7, 11) is 0. The molecule has 2 saturated heterocycles. The van der Waals surface area contributed by atoms with Crippen LogP contribution in [0.1, 0.15) is 55.3 Å². The van der Waals surface area contributed by atoms with Gasteiger partial charge in [-0.15, -0.1) is 0 Å². The smallest absolute Gasteiger partial charge is 0.395 e. The van der Waals surface area contributed by atoms with Gasteiger partial charge in [0.2, 0.25) is 0 Å². The summed E-state index contributed by atoms with van der Waals surface area (Å²) >= 11 is 0. The third kappa shape index (κ3) is 6.24. The molecule has 1 atom stereocenters. The van der Waals surface area contributed by atoms with Gasteiger partial charge >= 0.3 is 6.18 Å². The maximum Gasteiger partial charge on any atom is 0.395 e. The summed E-state index contributed by atoms with van der Waals surface area (Å²) in [4.78, 5) is 16.3. The molecule has 212 valence electrons. The highest BCUT2D eigenvalue weighted by Gasteiger charge is 2.58. The summed E-state index contributed by atoms with van der Waals surface area (Å²) < 4.78 is 61.3. The van der Waals surface area contributed by atoms with E-state index in [9.17, 15) is 27.5 Å². The van der Waals surface area contributed by atoms with Gasteiger partial charge < -0.3 is 19.6 Å². The number of halogens is 4. The number of aliphatic hydroxyl groups is 1. The highest BCUT2D eigenvalue weighted by Crippen LogP contribution is 2.53. The van der Waals surface area contributed by atoms with E-state index in [4.69, 9.17) is 4.74 Å². The minimum atomic E-state index is -4.14. The minimum absolute atomic E-state index is 0.0905. The standard InChI is InChI=1S/C30H36F4N2O3/c31-27-17-25(39-19-21-10-15-35(16-11-21)20-29(12-2-13-29)30(32,33)34)8-9-26(27)22-4-6-23(7-5-22)28(38)36-14-1-3-24(37)18-36/h4-9,17,21,24,37H,1-3,10-16,18-20H2/t24-/m1/s1. The Kier molecular flexibility index (Phi) is 8.19. The lowest BCUT2D eigenvalue weighted by molar-refractivity contribution is -0.256. The lowest BCUT2D eigenvalue weighted by Crippen LogP contribution is -2.53. The molecule has 3 fully saturated rings. The van der Waals surface area contributed by atoms with Gasteiger partial charge in [-0.2, -0.15) is 13.2 Å². The first kappa shape index (κ1) is 27.9. The molecule has 2 aliphatic heterocycles. The minimum Gasteiger partial charge on any atom is -0.493 e. The van der Waals surface area contributed by atoms with Crippen molar-refractivity contribution in [3.05, 3.63) is 53.8 Å². The largest absolute Gasteiger partial charge is 0.493 e. The van der Waals surface area contributed by atoms with E-state index in [0.717, 1.165) is 19.3 Å². The monoisotopic (exact) mass is 548 g/mol. The number of ether oxygens (including phenoxy) is 1. The highest BCUT2D eigenvalue weighted by molar-refractivity contribution is 5.94. The van der Waals surface area contributed by atoms with Crippen molar-refractivity contribution >= 4 is 5.91 Å². The zero-order chi connectivity index (χ0) is 27.6. The molecule has 0 spiro atoms. The van der Waals surface area contributed by atoms with E-state index in [0.29, 0.717) is 68.1 Å². The third-order valence-electron chi connectivity index (χ3n) is 8.70. The Labute approximate surface area is 226 Å². The predicted molar refractivity (Wildman–Crippen MR) is 140 cm³/mol. The van der Waals surface area contributed by atoms with Crippen molar-refractivity contribution in [3.63, 3.8) is 0 Å². The Morgan fingerprint density at radius 2 is 1.72 bits per heavy atom. The molecular formula is C30H36F4N2O3. The molecular weight excluding hydrogens is 512 g/mol. The molecule has 1 N–H and O–H groups in total. The maximum atomic E-state index is 15.0. The second-order valence-electron chi connectivity index (χ2n) is 11.4. The van der Waals surface area contributed by atoms with E-state index in [2.05, 4.69) is 0 Å². The molecule has 2 aromatic carbocycles. The number of nitrogens with zero attached hydrogens (tertiary/aromatic N) is 2. The summed E-state index contributed by atoms with van der Waals surface area (Å²) in [6, 6.07) is 11.5. The van der Waals surface area contributed by atoms with Crippen molar-refractivity contribution in [1.82, 2.24) is 9.80 Å². The number of rotatable bonds is 7. The van der Waals surface area contributed by atoms with Crippen molar-refractivity contribution in [2.45, 2.75) is 57.2 Å². The second-order valence-corrected chi connectivity index (χ2v) is 11.4. The van der Waals surface area contributed by atoms with Gasteiger partial charge in [-0.1, -0.05) is 18.6 Å². The molecule has 0 radical (unpaired) electrons. The van der Waals surface area contributed by atoms with Crippen LogP contribution < -0.4 is 4.74 Å². The van der Waals surface area contributed by atoms with E-state index in [1.54, 1.807) is 41.3 Å². The molecule has 0 unspecified atom stereocenters. The van der Waals surface area contributed by atoms with E-state index in [-0.39, 0.29) is 31.2 Å². The Bertz CT molecular complexity index is 1140. The van der Waals surface area contributed by atoms with Crippen LogP contribution in [-0.2, 0) is 0 Å². The summed E-state index contributed by atoms with van der Waals surface area (Å²) in [5.74, 6) is 0.0645. The number of hydrogen-bond acceptors (Lipinski definition) is 4. The first-order valence-corrected chi connectivity index (χ1v) is 13.9. The summed E-state index contributed by atoms with van der Waals surface area (Å²) in [6.45, 7) is 2.68. The molecule has 1 saturated carbocycles. The van der Waals surface area contributed by atoms with Crippen LogP contribution in [0.2, 0.25) is 0 Å². The molecule has 1 amide bonds. The fraction of sp³-hybridized carbons (Fsp3) is 0.567. The SMILES string of the molecule is O=C(c1ccc(-c2ccc(OCC3CCN(CC4(C(F)(F)F)CCC4)CC3)cc2F)cc1)N1CCC[C@@H](O)C1. The van der Waals surface area contributed by atoms with Crippen molar-refractivity contribution in [2.75, 3.05) is 39.3 Å². The van der Waals surface area contributed by atoms with Crippen LogP contribution in [0.5, 0.6) is 5.75 Å². The van der Waals surface area contributed by atoms with Gasteiger partial charge in [0.1, 0.15) is 11.6 Å². The van der Waals surface area contributed by atoms with Crippen LogP contribution in [0.15, 0.2) is 42.5 Å². The molecule has 3 aliphatic rings. The van der Waals surface area contributed by atoms with Crippen LogP contribution in [-0.4, -0.2) is 72.4 Å². The van der Waals surface area contributed by atoms with Crippen LogP contribution in [0.3, 0.4) is 0 Å². The number of alkyl halides is 3. The summed E-state index contributed by atoms with van der Waals surface area (Å²) in [5, 5.41) is 9.83. The fourth-order valence-electron chi connectivity index (χ4n) is 6.02. The van der Waals surface area contributed by atoms with Crippen LogP contribution >= 0.6 is 0 Å². The van der Waals surface area contributed by atoms with Gasteiger partial charge in [0.05, 0.1) is 18.1 Å². The van der Waals surface area contributed by atoms with E-state index in [1.807, 2.05) is 4.90 Å². The van der Waals surface area contributed by atoms with Crippen molar-refractivity contribution < 1.29 is 32.2 Å². The quantitative estimate of drug-likeness (QED) is 0.437. The Balaban J connectivity index is 1.11. The summed E-state index contributed by atoms with van der Waals surface area (Å²) in [5.41, 5.74) is 0.0189. The van der Waals surface area contributed by atoms with Crippen molar-refractivity contribution in [1.29, 1.82) is 0 Å². The lowest BCUT2D eigenvalue weighted by Gasteiger charge is -2.47. The number of piperidine rings is 2. The van der Waals surface area contributed by atoms with Crippen LogP contribution in [0.25, 0.3) is 11.1 Å². The topological polar surface area (TPSA) is 53.0 Å². The Hall–Kier alpha value is -2.65. The fourth-order valence-corrected chi connectivity index (χ4v) is 6.02. The van der Waals surface area contributed by atoms with E-state index < -0.39 is 23.5 Å². The predicted octanol–water partition coefficient (Wildman–Crippen LogP) is 5.91. The Morgan fingerprint density at radius 3 is 2.31 bits per heavy atom. The van der Waals surface area contributed by atoms with Gasteiger partial charge in [0, 0.05) is 36.8 Å². The molecule has 2 heterocycles. The van der Waals surface area contributed by atoms with E-state index >= 15 is 0 Å². The summed E-state index contributed by atoms with van der Waals surface area (Å²) in [6.07, 6.45) is -0.537. The Morgan fingerprint density at radius 1 is 1.00 bits per heavy atom. The molecule has 5 nitrogen and oxygen atoms in total. The number of carbonyl (C=O) groups is 1. The van der Waals surface area contributed by atoms with Gasteiger partial charge in [-0.25, -0.2) is 4.39 Å². The first-order valence-electron chi connectivity index (χ1n) is 13.9. The van der Waals surface area contributed by atoms with E-state index in [1.165, 1.54) is 6.07 Å². The number of carbonyl (C=O) groups excluding carboxylic acids is 1. The highest BCUT2D eigenvalue weighted by atomic mass is 19.4. The van der Waals surface area contributed by atoms with Crippen LogP contribution in [0, 0.1) is 17.2 Å². The number of aliphatic hydroxyl groups excluding tert-OH is 1. The van der Waals surface area contributed by atoms with Gasteiger partial charge in [-0.05, 0) is 87.4 Å². The van der Waals surface area contributed by atoms with Gasteiger partial charge in [-0.3, -0.25) is 4.79 Å². The number of likely N-dealkylation sites (tertiary alicyclic amines) is 2. The first-order chi connectivity index (χ1) is 18.6. The number of β-amino-alcohol motifs (C(OH)–C–C–N with tert-alkyl or cyclic N) is 1. The lowest BCUT2D eigenvalue weighted by atomic mass is 9.67. The average Bonchev–Trinajstić information content (AvgIpc) is 2.89. The van der Waals surface area contributed by atoms with Crippen LogP contribution in [0.4, 0.5) is 17.6 Å². The zero-order valence-electron chi connectivity index (χ0n) is 22.1. The molecule has 1 aliphatic carbocycles. The number of benzene rings is 2. The molecule has 0 aromatic heterocycles. The normalized spacial score (nSPS) is 22.4. The van der Waals surface area contributed by atoms with Crippen molar-refractivity contribution in [3.8, 4) is 16.9 Å². The van der Waals surface area contributed by atoms with Crippen molar-refractivity contribution in [2.24, 2.45) is 11.3 Å². The molecule has 0 bridgehead atoms. The number of hydrogen-bond donors (Lipinski definition) is 1. The second kappa shape index (κ2) is 11.5. The zero-order valence-corrected chi connectivity index (χ0v) is 22.1. The average molecular weight is 549 g/mol. The molecule has 5 rings (SSSR count). The van der Waals surface area contributed by atoms with Gasteiger partial charge in [0.15, 0.2) is 0 Å². The molecule has 9 heteroatoms. The molecule has 39 heavy (non-hydrogen) atoms.